The monoisotopic (exact) mass is 288 g/mol. The third kappa shape index (κ3) is 3.65. The molecular weight excluding hydrogens is 273 g/mol. The zero-order chi connectivity index (χ0) is 13.9. The Morgan fingerprint density at radius 1 is 1.37 bits per heavy atom. The highest BCUT2D eigenvalue weighted by Gasteiger charge is 2.33. The van der Waals surface area contributed by atoms with Gasteiger partial charge in [-0.05, 0) is 25.0 Å². The van der Waals surface area contributed by atoms with Gasteiger partial charge < -0.3 is 5.32 Å². The molecule has 1 N–H and O–H groups in total. The Labute approximate surface area is 114 Å². The predicted molar refractivity (Wildman–Crippen MR) is 73.7 cm³/mol. The second-order valence-electron chi connectivity index (χ2n) is 4.30. The van der Waals surface area contributed by atoms with Crippen LogP contribution in [0.25, 0.3) is 0 Å². The van der Waals surface area contributed by atoms with Gasteiger partial charge in [0.15, 0.2) is 5.17 Å². The van der Waals surface area contributed by atoms with E-state index in [-0.39, 0.29) is 11.7 Å². The molecular formula is C13H15F3N2S. The molecule has 1 aromatic rings. The van der Waals surface area contributed by atoms with Crippen LogP contribution in [-0.2, 0) is 6.18 Å². The van der Waals surface area contributed by atoms with Gasteiger partial charge in [-0.25, -0.2) is 0 Å². The Balaban J connectivity index is 2.22. The maximum Gasteiger partial charge on any atom is 0.418 e. The number of benzene rings is 1. The molecule has 0 radical (unpaired) electrons. The number of para-hydroxylation sites is 1. The van der Waals surface area contributed by atoms with Crippen LogP contribution < -0.4 is 5.32 Å². The molecule has 0 saturated heterocycles. The van der Waals surface area contributed by atoms with E-state index in [0.717, 1.165) is 24.7 Å². The Hall–Kier alpha value is -1.17. The third-order valence-electron chi connectivity index (χ3n) is 2.94. The van der Waals surface area contributed by atoms with E-state index < -0.39 is 11.7 Å². The van der Waals surface area contributed by atoms with Crippen molar-refractivity contribution in [1.29, 1.82) is 0 Å². The van der Waals surface area contributed by atoms with Crippen LogP contribution in [0.4, 0.5) is 18.9 Å². The number of hydrogen-bond acceptors (Lipinski definition) is 3. The van der Waals surface area contributed by atoms with E-state index in [1.807, 2.05) is 6.92 Å². The molecule has 19 heavy (non-hydrogen) atoms. The van der Waals surface area contributed by atoms with Crippen molar-refractivity contribution < 1.29 is 13.2 Å². The first-order valence-electron chi connectivity index (χ1n) is 6.14. The molecule has 0 aromatic heterocycles. The molecule has 0 bridgehead atoms. The second-order valence-corrected chi connectivity index (χ2v) is 5.39. The SMILES string of the molecule is CCC1CCSC(Nc2ccccc2C(F)(F)F)=N1. The smallest absolute Gasteiger partial charge is 0.334 e. The minimum Gasteiger partial charge on any atom is -0.334 e. The highest BCUT2D eigenvalue weighted by atomic mass is 32.2. The number of anilines is 1. The summed E-state index contributed by atoms with van der Waals surface area (Å²) in [6.45, 7) is 2.03. The van der Waals surface area contributed by atoms with E-state index >= 15 is 0 Å². The lowest BCUT2D eigenvalue weighted by atomic mass is 10.1. The highest BCUT2D eigenvalue weighted by molar-refractivity contribution is 8.14. The largest absolute Gasteiger partial charge is 0.418 e. The van der Waals surface area contributed by atoms with Crippen LogP contribution in [-0.4, -0.2) is 17.0 Å². The molecule has 0 spiro atoms. The van der Waals surface area contributed by atoms with Crippen LogP contribution in [0, 0.1) is 0 Å². The molecule has 1 aromatic carbocycles. The van der Waals surface area contributed by atoms with Crippen molar-refractivity contribution in [3.63, 3.8) is 0 Å². The molecule has 1 heterocycles. The van der Waals surface area contributed by atoms with Gasteiger partial charge in [0.05, 0.1) is 17.3 Å². The Kier molecular flexibility index (Phi) is 4.39. The molecule has 0 fully saturated rings. The summed E-state index contributed by atoms with van der Waals surface area (Å²) < 4.78 is 38.6. The predicted octanol–water partition coefficient (Wildman–Crippen LogP) is 4.39. The number of hydrogen-bond donors (Lipinski definition) is 1. The molecule has 0 saturated carbocycles. The van der Waals surface area contributed by atoms with Crippen molar-refractivity contribution in [2.75, 3.05) is 11.1 Å². The van der Waals surface area contributed by atoms with E-state index in [2.05, 4.69) is 10.3 Å². The minimum absolute atomic E-state index is 0.0676. The molecule has 2 nitrogen and oxygen atoms in total. The summed E-state index contributed by atoms with van der Waals surface area (Å²) in [4.78, 5) is 4.42. The van der Waals surface area contributed by atoms with E-state index in [0.29, 0.717) is 5.17 Å². The molecule has 0 aliphatic carbocycles. The van der Waals surface area contributed by atoms with Gasteiger partial charge in [0.2, 0.25) is 0 Å². The first-order valence-corrected chi connectivity index (χ1v) is 7.13. The number of nitrogens with zero attached hydrogens (tertiary/aromatic N) is 1. The average Bonchev–Trinajstić information content (AvgIpc) is 2.38. The van der Waals surface area contributed by atoms with E-state index in [1.165, 1.54) is 23.9 Å². The summed E-state index contributed by atoms with van der Waals surface area (Å²) in [5, 5.41) is 3.39. The third-order valence-corrected chi connectivity index (χ3v) is 3.86. The summed E-state index contributed by atoms with van der Waals surface area (Å²) in [5.41, 5.74) is -0.588. The Morgan fingerprint density at radius 2 is 2.11 bits per heavy atom. The summed E-state index contributed by atoms with van der Waals surface area (Å²) in [6.07, 6.45) is -2.46. The number of amidine groups is 1. The van der Waals surface area contributed by atoms with Gasteiger partial charge in [-0.3, -0.25) is 4.99 Å². The molecule has 104 valence electrons. The van der Waals surface area contributed by atoms with Crippen molar-refractivity contribution in [3.8, 4) is 0 Å². The van der Waals surface area contributed by atoms with Crippen LogP contribution in [0.5, 0.6) is 0 Å². The number of nitrogens with one attached hydrogen (secondary N) is 1. The summed E-state index contributed by atoms with van der Waals surface area (Å²) in [5.74, 6) is 0.887. The first-order chi connectivity index (χ1) is 9.00. The fourth-order valence-electron chi connectivity index (χ4n) is 1.88. The molecule has 1 aliphatic rings. The zero-order valence-electron chi connectivity index (χ0n) is 10.5. The molecule has 1 unspecified atom stereocenters. The summed E-state index contributed by atoms with van der Waals surface area (Å²) >= 11 is 1.47. The van der Waals surface area contributed by atoms with Gasteiger partial charge in [0.25, 0.3) is 0 Å². The molecule has 0 amide bonds. The number of halogens is 3. The van der Waals surface area contributed by atoms with Crippen LogP contribution in [0.1, 0.15) is 25.3 Å². The van der Waals surface area contributed by atoms with Crippen LogP contribution in [0.2, 0.25) is 0 Å². The lowest BCUT2D eigenvalue weighted by Crippen LogP contribution is -2.21. The Morgan fingerprint density at radius 3 is 2.79 bits per heavy atom. The first kappa shape index (κ1) is 14.2. The lowest BCUT2D eigenvalue weighted by molar-refractivity contribution is -0.136. The van der Waals surface area contributed by atoms with E-state index in [9.17, 15) is 13.2 Å². The number of thioether (sulfide) groups is 1. The fraction of sp³-hybridized carbons (Fsp3) is 0.462. The van der Waals surface area contributed by atoms with Crippen molar-refractivity contribution >= 4 is 22.6 Å². The number of aliphatic imine (C=N–C) groups is 1. The fourth-order valence-corrected chi connectivity index (χ4v) is 2.87. The van der Waals surface area contributed by atoms with Gasteiger partial charge in [-0.2, -0.15) is 13.2 Å². The summed E-state index contributed by atoms with van der Waals surface area (Å²) in [7, 11) is 0. The lowest BCUT2D eigenvalue weighted by Gasteiger charge is -2.21. The van der Waals surface area contributed by atoms with Crippen LogP contribution >= 0.6 is 11.8 Å². The minimum atomic E-state index is -4.35. The van der Waals surface area contributed by atoms with Crippen LogP contribution in [0.3, 0.4) is 0 Å². The quantitative estimate of drug-likeness (QED) is 0.873. The Bertz CT molecular complexity index is 471. The second kappa shape index (κ2) is 5.86. The van der Waals surface area contributed by atoms with Crippen molar-refractivity contribution in [1.82, 2.24) is 0 Å². The molecule has 2 rings (SSSR count). The maximum atomic E-state index is 12.9. The zero-order valence-corrected chi connectivity index (χ0v) is 11.3. The average molecular weight is 288 g/mol. The van der Waals surface area contributed by atoms with Crippen LogP contribution in [0.15, 0.2) is 29.3 Å². The van der Waals surface area contributed by atoms with Crippen molar-refractivity contribution in [2.24, 2.45) is 4.99 Å². The summed E-state index contributed by atoms with van der Waals surface area (Å²) in [6, 6.07) is 5.69. The van der Waals surface area contributed by atoms with Gasteiger partial charge in [0.1, 0.15) is 0 Å². The molecule has 6 heteroatoms. The van der Waals surface area contributed by atoms with Gasteiger partial charge in [0, 0.05) is 5.75 Å². The van der Waals surface area contributed by atoms with Crippen molar-refractivity contribution in [3.05, 3.63) is 29.8 Å². The normalized spacial score (nSPS) is 20.0. The number of alkyl halides is 3. The van der Waals surface area contributed by atoms with E-state index in [1.54, 1.807) is 6.07 Å². The van der Waals surface area contributed by atoms with Gasteiger partial charge in [-0.1, -0.05) is 30.8 Å². The maximum absolute atomic E-state index is 12.9. The van der Waals surface area contributed by atoms with Crippen molar-refractivity contribution in [2.45, 2.75) is 32.0 Å². The highest BCUT2D eigenvalue weighted by Crippen LogP contribution is 2.35. The molecule has 1 atom stereocenters. The van der Waals surface area contributed by atoms with Gasteiger partial charge >= 0.3 is 6.18 Å². The number of rotatable bonds is 2. The standard InChI is InChI=1S/C13H15F3N2S/c1-2-9-7-8-19-12(17-9)18-11-6-4-3-5-10(11)13(14,15)16/h3-6,9H,2,7-8H2,1H3,(H,17,18). The molecule has 1 aliphatic heterocycles. The van der Waals surface area contributed by atoms with Gasteiger partial charge in [-0.15, -0.1) is 0 Å². The van der Waals surface area contributed by atoms with E-state index in [4.69, 9.17) is 0 Å². The topological polar surface area (TPSA) is 24.4 Å².